The van der Waals surface area contributed by atoms with Gasteiger partial charge in [-0.2, -0.15) is 13.2 Å². The topological polar surface area (TPSA) is 60.4 Å². The summed E-state index contributed by atoms with van der Waals surface area (Å²) >= 11 is 0.614. The molecule has 1 aliphatic heterocycles. The van der Waals surface area contributed by atoms with Gasteiger partial charge in [0, 0.05) is 6.42 Å². The summed E-state index contributed by atoms with van der Waals surface area (Å²) in [4.78, 5) is 32.3. The molecule has 1 aliphatic rings. The van der Waals surface area contributed by atoms with Crippen molar-refractivity contribution in [2.24, 2.45) is 0 Å². The zero-order valence-corrected chi connectivity index (χ0v) is 8.69. The lowest BCUT2D eigenvalue weighted by atomic mass is 10.2. The minimum absolute atomic E-state index is 0.236. The van der Waals surface area contributed by atoms with Crippen molar-refractivity contribution in [2.45, 2.75) is 30.7 Å². The smallest absolute Gasteiger partial charge is 0.386 e. The largest absolute Gasteiger partial charge is 0.491 e. The number of esters is 2. The molecular formula is C8H7F3O4S. The van der Waals surface area contributed by atoms with E-state index in [-0.39, 0.29) is 18.0 Å². The van der Waals surface area contributed by atoms with Gasteiger partial charge in [0.05, 0.1) is 0 Å². The first-order valence-corrected chi connectivity index (χ1v) is 5.21. The SMILES string of the molecule is O=C1CCCC(C(=O)OC(=O)C(F)(F)F)S1. The Labute approximate surface area is 92.5 Å². The van der Waals surface area contributed by atoms with E-state index in [1.165, 1.54) is 0 Å². The highest BCUT2D eigenvalue weighted by Crippen LogP contribution is 2.28. The Morgan fingerprint density at radius 1 is 1.38 bits per heavy atom. The second kappa shape index (κ2) is 4.86. The molecule has 1 heterocycles. The molecule has 0 N–H and O–H groups in total. The van der Waals surface area contributed by atoms with Crippen molar-refractivity contribution >= 4 is 28.8 Å². The van der Waals surface area contributed by atoms with E-state index in [4.69, 9.17) is 0 Å². The molecule has 0 amide bonds. The van der Waals surface area contributed by atoms with Gasteiger partial charge in [-0.05, 0) is 12.8 Å². The van der Waals surface area contributed by atoms with Gasteiger partial charge in [-0.25, -0.2) is 4.79 Å². The fraction of sp³-hybridized carbons (Fsp3) is 0.625. The first kappa shape index (κ1) is 13.0. The fourth-order valence-electron chi connectivity index (χ4n) is 1.09. The third-order valence-electron chi connectivity index (χ3n) is 1.81. The van der Waals surface area contributed by atoms with Crippen LogP contribution in [0.25, 0.3) is 0 Å². The molecule has 0 spiro atoms. The molecule has 90 valence electrons. The van der Waals surface area contributed by atoms with Crippen LogP contribution in [-0.4, -0.2) is 28.5 Å². The summed E-state index contributed by atoms with van der Waals surface area (Å²) in [6.45, 7) is 0. The molecule has 4 nitrogen and oxygen atoms in total. The average Bonchev–Trinajstić information content (AvgIpc) is 2.16. The molecule has 16 heavy (non-hydrogen) atoms. The third kappa shape index (κ3) is 3.51. The van der Waals surface area contributed by atoms with E-state index in [9.17, 15) is 27.6 Å². The molecule has 0 aromatic carbocycles. The molecular weight excluding hydrogens is 249 g/mol. The predicted octanol–water partition coefficient (Wildman–Crippen LogP) is 1.43. The molecule has 1 unspecified atom stereocenters. The van der Waals surface area contributed by atoms with Gasteiger partial charge in [0.2, 0.25) is 0 Å². The Morgan fingerprint density at radius 2 is 2.00 bits per heavy atom. The highest BCUT2D eigenvalue weighted by atomic mass is 32.2. The van der Waals surface area contributed by atoms with Gasteiger partial charge in [0.1, 0.15) is 5.25 Å². The predicted molar refractivity (Wildman–Crippen MR) is 47.4 cm³/mol. The molecule has 1 atom stereocenters. The Kier molecular flexibility index (Phi) is 3.95. The zero-order chi connectivity index (χ0) is 12.3. The van der Waals surface area contributed by atoms with E-state index >= 15 is 0 Å². The van der Waals surface area contributed by atoms with Gasteiger partial charge in [0.25, 0.3) is 0 Å². The van der Waals surface area contributed by atoms with E-state index in [0.717, 1.165) is 0 Å². The van der Waals surface area contributed by atoms with Crippen molar-refractivity contribution < 1.29 is 32.3 Å². The van der Waals surface area contributed by atoms with Gasteiger partial charge in [-0.15, -0.1) is 0 Å². The van der Waals surface area contributed by atoms with Crippen LogP contribution < -0.4 is 0 Å². The Morgan fingerprint density at radius 3 is 2.50 bits per heavy atom. The number of alkyl halides is 3. The Balaban J connectivity index is 2.52. The molecule has 0 bridgehead atoms. The van der Waals surface area contributed by atoms with Crippen molar-refractivity contribution in [2.75, 3.05) is 0 Å². The van der Waals surface area contributed by atoms with Crippen LogP contribution >= 0.6 is 11.8 Å². The van der Waals surface area contributed by atoms with Crippen molar-refractivity contribution in [3.05, 3.63) is 0 Å². The molecule has 1 rings (SSSR count). The first-order valence-electron chi connectivity index (χ1n) is 4.33. The van der Waals surface area contributed by atoms with E-state index in [0.29, 0.717) is 18.2 Å². The monoisotopic (exact) mass is 256 g/mol. The summed E-state index contributed by atoms with van der Waals surface area (Å²) in [7, 11) is 0. The van der Waals surface area contributed by atoms with E-state index < -0.39 is 23.4 Å². The minimum atomic E-state index is -5.20. The number of carbonyl (C=O) groups is 3. The lowest BCUT2D eigenvalue weighted by Gasteiger charge is -2.17. The molecule has 0 saturated carbocycles. The summed E-state index contributed by atoms with van der Waals surface area (Å²) in [6, 6.07) is 0. The van der Waals surface area contributed by atoms with Crippen molar-refractivity contribution in [3.63, 3.8) is 0 Å². The number of thioether (sulfide) groups is 1. The van der Waals surface area contributed by atoms with Crippen LogP contribution in [-0.2, 0) is 19.1 Å². The van der Waals surface area contributed by atoms with Crippen molar-refractivity contribution in [3.8, 4) is 0 Å². The van der Waals surface area contributed by atoms with Crippen LogP contribution in [0.2, 0.25) is 0 Å². The van der Waals surface area contributed by atoms with E-state index in [1.807, 2.05) is 0 Å². The van der Waals surface area contributed by atoms with Crippen molar-refractivity contribution in [1.82, 2.24) is 0 Å². The van der Waals surface area contributed by atoms with Crippen LogP contribution in [0.1, 0.15) is 19.3 Å². The lowest BCUT2D eigenvalue weighted by molar-refractivity contribution is -0.201. The fourth-order valence-corrected chi connectivity index (χ4v) is 2.10. The van der Waals surface area contributed by atoms with Gasteiger partial charge in [0.15, 0.2) is 5.12 Å². The first-order chi connectivity index (χ1) is 7.30. The second-order valence-electron chi connectivity index (χ2n) is 3.08. The second-order valence-corrected chi connectivity index (χ2v) is 4.34. The summed E-state index contributed by atoms with van der Waals surface area (Å²) in [5.74, 6) is -3.85. The number of halogens is 3. The quantitative estimate of drug-likeness (QED) is 0.524. The molecule has 1 fully saturated rings. The molecule has 0 aliphatic carbocycles. The molecule has 8 heteroatoms. The van der Waals surface area contributed by atoms with Crippen molar-refractivity contribution in [1.29, 1.82) is 0 Å². The van der Waals surface area contributed by atoms with Crippen LogP contribution in [0.3, 0.4) is 0 Å². The van der Waals surface area contributed by atoms with Crippen LogP contribution in [0, 0.1) is 0 Å². The number of carbonyl (C=O) groups excluding carboxylic acids is 3. The third-order valence-corrected chi connectivity index (χ3v) is 2.99. The number of hydrogen-bond acceptors (Lipinski definition) is 5. The number of ether oxygens (including phenoxy) is 1. The van der Waals surface area contributed by atoms with E-state index in [2.05, 4.69) is 4.74 Å². The minimum Gasteiger partial charge on any atom is -0.386 e. The van der Waals surface area contributed by atoms with Gasteiger partial charge < -0.3 is 4.74 Å². The van der Waals surface area contributed by atoms with Crippen LogP contribution in [0.5, 0.6) is 0 Å². The maximum atomic E-state index is 11.8. The Hall–Kier alpha value is -1.05. The molecule has 0 radical (unpaired) electrons. The number of hydrogen-bond donors (Lipinski definition) is 0. The highest BCUT2D eigenvalue weighted by Gasteiger charge is 2.43. The summed E-state index contributed by atoms with van der Waals surface area (Å²) in [5.41, 5.74) is 0. The lowest BCUT2D eigenvalue weighted by Crippen LogP contribution is -2.33. The van der Waals surface area contributed by atoms with E-state index in [1.54, 1.807) is 0 Å². The molecule has 0 aromatic rings. The Bertz CT molecular complexity index is 326. The van der Waals surface area contributed by atoms with Gasteiger partial charge in [-0.3, -0.25) is 9.59 Å². The normalized spacial score (nSPS) is 21.7. The van der Waals surface area contributed by atoms with Gasteiger partial charge >= 0.3 is 18.1 Å². The zero-order valence-electron chi connectivity index (χ0n) is 7.87. The maximum Gasteiger partial charge on any atom is 0.491 e. The standard InChI is InChI=1S/C8H7F3O4S/c9-8(10,11)7(14)15-6(13)4-2-1-3-5(12)16-4/h4H,1-3H2. The number of rotatable bonds is 1. The summed E-state index contributed by atoms with van der Waals surface area (Å²) in [6.07, 6.45) is -4.27. The maximum absolute atomic E-state index is 11.8. The molecule has 1 saturated heterocycles. The highest BCUT2D eigenvalue weighted by molar-refractivity contribution is 8.14. The summed E-state index contributed by atoms with van der Waals surface area (Å²) in [5, 5.41) is -1.29. The van der Waals surface area contributed by atoms with Crippen LogP contribution in [0.15, 0.2) is 0 Å². The summed E-state index contributed by atoms with van der Waals surface area (Å²) < 4.78 is 38.9. The average molecular weight is 256 g/mol. The van der Waals surface area contributed by atoms with Gasteiger partial charge in [-0.1, -0.05) is 11.8 Å². The van der Waals surface area contributed by atoms with Crippen LogP contribution in [0.4, 0.5) is 13.2 Å². The molecule has 0 aromatic heterocycles.